The Labute approximate surface area is 195 Å². The van der Waals surface area contributed by atoms with Gasteiger partial charge in [-0.1, -0.05) is 96.8 Å². The molecule has 0 heterocycles. The Kier molecular flexibility index (Phi) is 30.2. The molecule has 0 saturated carbocycles. The number of aliphatic carboxylic acids is 3. The number of rotatable bonds is 18. The number of carbonyl (C=O) groups is 3. The maximum absolute atomic E-state index is 10.3. The summed E-state index contributed by atoms with van der Waals surface area (Å²) in [5.41, 5.74) is 0. The molecule has 0 amide bonds. The quantitative estimate of drug-likeness (QED) is 0.143. The molecule has 0 bridgehead atoms. The summed E-state index contributed by atoms with van der Waals surface area (Å²) in [6.07, 6.45) is 21.3. The molecule has 0 atom stereocenters. The van der Waals surface area contributed by atoms with Crippen LogP contribution in [0.3, 0.4) is 0 Å². The smallest absolute Gasteiger partial charge is 1.00 e. The fraction of sp³-hybridized carbons (Fsp3) is 0.773. The van der Waals surface area contributed by atoms with E-state index in [9.17, 15) is 14.4 Å². The first-order valence-electron chi connectivity index (χ1n) is 10.8. The van der Waals surface area contributed by atoms with Crippen LogP contribution in [0.1, 0.15) is 113 Å². The summed E-state index contributed by atoms with van der Waals surface area (Å²) in [4.78, 5) is 29.4. The normalized spacial score (nSPS) is 10.1. The minimum atomic E-state index is -1.26. The molecule has 29 heavy (non-hydrogen) atoms. The van der Waals surface area contributed by atoms with Crippen molar-refractivity contribution in [2.24, 2.45) is 0 Å². The fourth-order valence-electron chi connectivity index (χ4n) is 2.79. The summed E-state index contributed by atoms with van der Waals surface area (Å²) in [5.74, 6) is -3.17. The molecule has 0 aromatic carbocycles. The van der Waals surface area contributed by atoms with Crippen molar-refractivity contribution in [2.45, 2.75) is 110 Å². The second-order valence-electron chi connectivity index (χ2n) is 7.10. The van der Waals surface area contributed by atoms with Crippen molar-refractivity contribution in [3.8, 4) is 0 Å². The van der Waals surface area contributed by atoms with E-state index in [1.165, 1.54) is 83.5 Å². The minimum absolute atomic E-state index is 0. The van der Waals surface area contributed by atoms with E-state index in [1.807, 2.05) is 0 Å². The molecule has 0 spiro atoms. The zero-order valence-corrected chi connectivity index (χ0v) is 19.7. The zero-order chi connectivity index (χ0) is 21.5. The van der Waals surface area contributed by atoms with Crippen LogP contribution in [0.2, 0.25) is 0 Å². The molecule has 0 radical (unpaired) electrons. The Morgan fingerprint density at radius 3 is 1.10 bits per heavy atom. The number of carboxylic acid groups (broad SMARTS) is 3. The van der Waals surface area contributed by atoms with Gasteiger partial charge in [0.1, 0.15) is 0 Å². The van der Waals surface area contributed by atoms with Crippen molar-refractivity contribution in [3.63, 3.8) is 0 Å². The number of hydrogen-bond donors (Lipinski definition) is 3. The maximum Gasteiger partial charge on any atom is 2.00 e. The van der Waals surface area contributed by atoms with E-state index in [2.05, 4.69) is 6.92 Å². The zero-order valence-electron chi connectivity index (χ0n) is 20.2. The minimum Gasteiger partial charge on any atom is -1.00 e. The van der Waals surface area contributed by atoms with Gasteiger partial charge in [0.25, 0.3) is 0 Å². The molecule has 0 aromatic heterocycles. The van der Waals surface area contributed by atoms with Crippen LogP contribution in [-0.4, -0.2) is 56.3 Å². The van der Waals surface area contributed by atoms with Crippen LogP contribution in [0.25, 0.3) is 0 Å². The molecule has 3 N–H and O–H groups in total. The summed E-state index contributed by atoms with van der Waals surface area (Å²) in [7, 11) is 0. The monoisotopic (exact) mass is 426 g/mol. The Morgan fingerprint density at radius 1 is 0.586 bits per heavy atom. The van der Waals surface area contributed by atoms with Gasteiger partial charge in [0.2, 0.25) is 0 Å². The van der Waals surface area contributed by atoms with Crippen LogP contribution in [0.4, 0.5) is 0 Å². The van der Waals surface area contributed by atoms with E-state index in [0.717, 1.165) is 12.8 Å². The van der Waals surface area contributed by atoms with Crippen LogP contribution in [0.15, 0.2) is 12.2 Å². The van der Waals surface area contributed by atoms with Crippen molar-refractivity contribution in [1.82, 2.24) is 0 Å². The molecule has 0 fully saturated rings. The van der Waals surface area contributed by atoms with Crippen molar-refractivity contribution in [2.75, 3.05) is 0 Å². The molecular weight excluding hydrogens is 385 g/mol. The first-order chi connectivity index (χ1) is 13.4. The van der Waals surface area contributed by atoms with E-state index < -0.39 is 17.9 Å². The average molecular weight is 427 g/mol. The maximum atomic E-state index is 10.3. The third-order valence-corrected chi connectivity index (χ3v) is 4.36. The number of hydrogen-bond acceptors (Lipinski definition) is 3. The Morgan fingerprint density at radius 2 is 0.862 bits per heavy atom. The van der Waals surface area contributed by atoms with E-state index in [0.29, 0.717) is 18.6 Å². The second-order valence-corrected chi connectivity index (χ2v) is 7.10. The van der Waals surface area contributed by atoms with Crippen LogP contribution in [0.5, 0.6) is 0 Å². The summed E-state index contributed by atoms with van der Waals surface area (Å²) >= 11 is 0. The summed E-state index contributed by atoms with van der Waals surface area (Å²) in [5, 5.41) is 24.1. The largest absolute Gasteiger partial charge is 2.00 e. The second kappa shape index (κ2) is 26.9. The Hall–Kier alpha value is -1.08. The van der Waals surface area contributed by atoms with Gasteiger partial charge in [-0.15, -0.1) is 0 Å². The van der Waals surface area contributed by atoms with Crippen molar-refractivity contribution >= 4 is 41.0 Å². The summed E-state index contributed by atoms with van der Waals surface area (Å²) in [6, 6.07) is 0. The molecule has 0 aliphatic carbocycles. The van der Waals surface area contributed by atoms with Crippen molar-refractivity contribution < 1.29 is 32.6 Å². The average Bonchev–Trinajstić information content (AvgIpc) is 2.63. The van der Waals surface area contributed by atoms with Crippen LogP contribution in [-0.2, 0) is 14.4 Å². The third kappa shape index (κ3) is 38.2. The summed E-state index contributed by atoms with van der Waals surface area (Å²) in [6.45, 7) is 2.27. The SMILES string of the molecule is CCCCCCCCCCCCCCCCCC(=O)O.O=C(O)C=CC(=O)O.[H-].[H-].[Mg+2]. The molecule has 0 aliphatic heterocycles. The van der Waals surface area contributed by atoms with Crippen LogP contribution in [0, 0.1) is 0 Å². The van der Waals surface area contributed by atoms with Gasteiger partial charge in [-0.25, -0.2) is 9.59 Å². The van der Waals surface area contributed by atoms with Crippen molar-refractivity contribution in [3.05, 3.63) is 12.2 Å². The third-order valence-electron chi connectivity index (χ3n) is 4.36. The van der Waals surface area contributed by atoms with E-state index in [-0.39, 0.29) is 25.9 Å². The molecule has 0 unspecified atom stereocenters. The van der Waals surface area contributed by atoms with Gasteiger partial charge in [0.05, 0.1) is 0 Å². The molecule has 0 saturated heterocycles. The van der Waals surface area contributed by atoms with Crippen LogP contribution < -0.4 is 0 Å². The van der Waals surface area contributed by atoms with Crippen LogP contribution >= 0.6 is 0 Å². The Balaban J connectivity index is -0.000000176. The molecule has 6 nitrogen and oxygen atoms in total. The van der Waals surface area contributed by atoms with Crippen molar-refractivity contribution in [1.29, 1.82) is 0 Å². The van der Waals surface area contributed by atoms with E-state index in [1.54, 1.807) is 0 Å². The molecular formula is C22H42MgO6. The standard InChI is InChI=1S/C18H36O2.C4H4O4.Mg.2H/c1-2-3-4-5-6-7-8-9-10-11-12-13-14-15-16-17-18(19)20;5-3(6)1-2-4(7)8;;;/h2-17H2,1H3,(H,19,20);1-2H,(H,5,6)(H,7,8);;;/q;;+2;2*-1. The van der Waals surface area contributed by atoms with Gasteiger partial charge >= 0.3 is 41.0 Å². The summed E-state index contributed by atoms with van der Waals surface area (Å²) < 4.78 is 0. The topological polar surface area (TPSA) is 112 Å². The molecule has 0 aliphatic rings. The predicted octanol–water partition coefficient (Wildman–Crippen LogP) is 5.89. The predicted molar refractivity (Wildman–Crippen MR) is 120 cm³/mol. The van der Waals surface area contributed by atoms with Gasteiger partial charge < -0.3 is 18.2 Å². The molecule has 168 valence electrons. The molecule has 0 aromatic rings. The number of unbranched alkanes of at least 4 members (excludes halogenated alkanes) is 14. The van der Waals surface area contributed by atoms with E-state index >= 15 is 0 Å². The molecule has 0 rings (SSSR count). The fourth-order valence-corrected chi connectivity index (χ4v) is 2.79. The first-order valence-corrected chi connectivity index (χ1v) is 10.8. The van der Waals surface area contributed by atoms with Gasteiger partial charge in [-0.05, 0) is 6.42 Å². The van der Waals surface area contributed by atoms with Gasteiger partial charge in [0, 0.05) is 18.6 Å². The van der Waals surface area contributed by atoms with Gasteiger partial charge in [-0.3, -0.25) is 4.79 Å². The van der Waals surface area contributed by atoms with Gasteiger partial charge in [0.15, 0.2) is 0 Å². The van der Waals surface area contributed by atoms with E-state index in [4.69, 9.17) is 15.3 Å². The molecule has 7 heteroatoms. The Bertz CT molecular complexity index is 418. The van der Waals surface area contributed by atoms with Gasteiger partial charge in [-0.2, -0.15) is 0 Å². The first kappa shape index (κ1) is 32.6. The number of carboxylic acids is 3.